The van der Waals surface area contributed by atoms with Crippen LogP contribution in [-0.2, 0) is 9.53 Å². The molecule has 3 heteroatoms. The standard InChI is InChI=1S/C28H45NO2/c1-17-13-25-26(29-16-17)20(4)28(31-25)12-9-21-7-6-8-22-15-23(30)10-11-27(22,5)18(2)14-24(21)19(28)3/h17-18,20-22,25-26,29H,6-16H2,1-5H3/t17-,18+,20+,21+,22+,25+,26-,27+,28-/m0/s1. The Morgan fingerprint density at radius 2 is 1.87 bits per heavy atom. The summed E-state index contributed by atoms with van der Waals surface area (Å²) in [6.07, 6.45) is 11.9. The van der Waals surface area contributed by atoms with Gasteiger partial charge in [0.1, 0.15) is 5.78 Å². The van der Waals surface area contributed by atoms with E-state index in [2.05, 4.69) is 39.9 Å². The number of carbonyl (C=O) groups excluding carboxylic acids is 1. The molecule has 5 rings (SSSR count). The van der Waals surface area contributed by atoms with Crippen LogP contribution in [0.25, 0.3) is 0 Å². The van der Waals surface area contributed by atoms with Gasteiger partial charge in [-0.3, -0.25) is 4.79 Å². The Labute approximate surface area is 190 Å². The van der Waals surface area contributed by atoms with Gasteiger partial charge >= 0.3 is 0 Å². The summed E-state index contributed by atoms with van der Waals surface area (Å²) in [5.41, 5.74) is 3.61. The number of carbonyl (C=O) groups is 1. The minimum atomic E-state index is -0.0468. The normalized spacial score (nSPS) is 50.9. The van der Waals surface area contributed by atoms with Crippen molar-refractivity contribution in [2.24, 2.45) is 35.0 Å². The van der Waals surface area contributed by atoms with Crippen molar-refractivity contribution in [2.75, 3.05) is 6.54 Å². The fourth-order valence-electron chi connectivity index (χ4n) is 8.54. The highest BCUT2D eigenvalue weighted by Gasteiger charge is 2.57. The maximum atomic E-state index is 12.3. The SMILES string of the molecule is CC1=C2C[C@@H](C)[C@@]3(C)CCC(=O)C[C@H]3CCC[C@@H]2CC[C@]12O[C@@H]1C[C@H](C)CN[C@H]1[C@H]2C. The molecule has 0 unspecified atom stereocenters. The zero-order chi connectivity index (χ0) is 22.0. The summed E-state index contributed by atoms with van der Waals surface area (Å²) >= 11 is 0. The number of hydrogen-bond acceptors (Lipinski definition) is 3. The molecule has 2 heterocycles. The zero-order valence-electron chi connectivity index (χ0n) is 20.6. The molecule has 5 aliphatic rings. The van der Waals surface area contributed by atoms with Crippen LogP contribution in [-0.4, -0.2) is 30.1 Å². The third-order valence-corrected chi connectivity index (χ3v) is 11.0. The number of hydrogen-bond donors (Lipinski definition) is 1. The molecule has 1 N–H and O–H groups in total. The highest BCUT2D eigenvalue weighted by Crippen LogP contribution is 2.57. The quantitative estimate of drug-likeness (QED) is 0.477. The van der Waals surface area contributed by atoms with E-state index in [-0.39, 0.29) is 5.60 Å². The first-order chi connectivity index (χ1) is 14.7. The molecule has 0 radical (unpaired) electrons. The number of fused-ring (bicyclic) bond motifs is 3. The van der Waals surface area contributed by atoms with Gasteiger partial charge in [-0.05, 0) is 93.1 Å². The Morgan fingerprint density at radius 3 is 2.68 bits per heavy atom. The van der Waals surface area contributed by atoms with Crippen molar-refractivity contribution in [1.82, 2.24) is 5.32 Å². The first-order valence-electron chi connectivity index (χ1n) is 13.4. The van der Waals surface area contributed by atoms with E-state index in [0.717, 1.165) is 31.7 Å². The van der Waals surface area contributed by atoms with Crippen LogP contribution in [0.4, 0.5) is 0 Å². The topological polar surface area (TPSA) is 38.3 Å². The van der Waals surface area contributed by atoms with E-state index in [4.69, 9.17) is 4.74 Å². The first kappa shape index (κ1) is 22.1. The monoisotopic (exact) mass is 427 g/mol. The Bertz CT molecular complexity index is 758. The summed E-state index contributed by atoms with van der Waals surface area (Å²) in [5.74, 6) is 3.74. The maximum Gasteiger partial charge on any atom is 0.133 e. The van der Waals surface area contributed by atoms with Gasteiger partial charge in [0.25, 0.3) is 0 Å². The number of ether oxygens (including phenoxy) is 1. The second kappa shape index (κ2) is 7.97. The molecule has 1 spiro atoms. The highest BCUT2D eigenvalue weighted by molar-refractivity contribution is 5.79. The molecule has 4 fully saturated rings. The van der Waals surface area contributed by atoms with Crippen LogP contribution in [0.1, 0.15) is 98.8 Å². The number of rotatable bonds is 0. The molecule has 2 saturated heterocycles. The van der Waals surface area contributed by atoms with E-state index < -0.39 is 0 Å². The van der Waals surface area contributed by atoms with Gasteiger partial charge < -0.3 is 10.1 Å². The highest BCUT2D eigenvalue weighted by atomic mass is 16.5. The lowest BCUT2D eigenvalue weighted by Gasteiger charge is -2.47. The second-order valence-electron chi connectivity index (χ2n) is 12.5. The van der Waals surface area contributed by atoms with Gasteiger partial charge in [-0.25, -0.2) is 0 Å². The number of nitrogens with one attached hydrogen (secondary N) is 1. The molecule has 9 atom stereocenters. The van der Waals surface area contributed by atoms with Crippen molar-refractivity contribution >= 4 is 5.78 Å². The van der Waals surface area contributed by atoms with E-state index in [1.54, 1.807) is 11.1 Å². The van der Waals surface area contributed by atoms with Crippen molar-refractivity contribution in [3.05, 3.63) is 11.1 Å². The molecular formula is C28H45NO2. The van der Waals surface area contributed by atoms with Crippen LogP contribution in [0.15, 0.2) is 11.1 Å². The maximum absolute atomic E-state index is 12.3. The number of ketones is 1. The smallest absolute Gasteiger partial charge is 0.133 e. The summed E-state index contributed by atoms with van der Waals surface area (Å²) in [4.78, 5) is 12.3. The molecule has 31 heavy (non-hydrogen) atoms. The van der Waals surface area contributed by atoms with Crippen LogP contribution in [0.3, 0.4) is 0 Å². The van der Waals surface area contributed by atoms with Crippen LogP contribution >= 0.6 is 0 Å². The predicted octanol–water partition coefficient (Wildman–Crippen LogP) is 6.07. The largest absolute Gasteiger partial charge is 0.365 e. The number of piperidine rings is 1. The lowest BCUT2D eigenvalue weighted by atomic mass is 9.58. The van der Waals surface area contributed by atoms with Crippen molar-refractivity contribution in [1.29, 1.82) is 0 Å². The molecule has 0 amide bonds. The zero-order valence-corrected chi connectivity index (χ0v) is 20.6. The Kier molecular flexibility index (Phi) is 5.70. The third-order valence-electron chi connectivity index (χ3n) is 11.0. The van der Waals surface area contributed by atoms with Crippen LogP contribution in [0.2, 0.25) is 0 Å². The fourth-order valence-corrected chi connectivity index (χ4v) is 8.54. The van der Waals surface area contributed by atoms with E-state index in [1.165, 1.54) is 44.9 Å². The summed E-state index contributed by atoms with van der Waals surface area (Å²) in [6, 6.07) is 0.517. The molecular weight excluding hydrogens is 382 g/mol. The van der Waals surface area contributed by atoms with E-state index in [9.17, 15) is 4.79 Å². The fraction of sp³-hybridized carbons (Fsp3) is 0.893. The van der Waals surface area contributed by atoms with Gasteiger partial charge in [0.15, 0.2) is 0 Å². The molecule has 2 saturated carbocycles. The predicted molar refractivity (Wildman–Crippen MR) is 126 cm³/mol. The molecule has 174 valence electrons. The number of Topliss-reactive ketones (excluding diaryl/α,β-unsaturated/α-hetero) is 1. The minimum absolute atomic E-state index is 0.0468. The van der Waals surface area contributed by atoms with Crippen molar-refractivity contribution in [3.8, 4) is 0 Å². The van der Waals surface area contributed by atoms with Gasteiger partial charge in [-0.15, -0.1) is 0 Å². The van der Waals surface area contributed by atoms with Gasteiger partial charge in [0.2, 0.25) is 0 Å². The lowest BCUT2D eigenvalue weighted by Crippen LogP contribution is -2.49. The molecule has 0 bridgehead atoms. The van der Waals surface area contributed by atoms with E-state index >= 15 is 0 Å². The van der Waals surface area contributed by atoms with Crippen molar-refractivity contribution in [2.45, 2.75) is 117 Å². The third kappa shape index (κ3) is 3.48. The van der Waals surface area contributed by atoms with E-state index in [0.29, 0.717) is 47.0 Å². The van der Waals surface area contributed by atoms with Crippen LogP contribution < -0.4 is 5.32 Å². The summed E-state index contributed by atoms with van der Waals surface area (Å²) < 4.78 is 7.06. The van der Waals surface area contributed by atoms with Crippen LogP contribution in [0.5, 0.6) is 0 Å². The van der Waals surface area contributed by atoms with Crippen molar-refractivity contribution < 1.29 is 9.53 Å². The molecule has 0 aromatic carbocycles. The Morgan fingerprint density at radius 1 is 1.06 bits per heavy atom. The van der Waals surface area contributed by atoms with Crippen molar-refractivity contribution in [3.63, 3.8) is 0 Å². The Balaban J connectivity index is 1.48. The van der Waals surface area contributed by atoms with Gasteiger partial charge in [-0.2, -0.15) is 0 Å². The van der Waals surface area contributed by atoms with Crippen LogP contribution in [0, 0.1) is 35.0 Å². The summed E-state index contributed by atoms with van der Waals surface area (Å²) in [5, 5.41) is 3.85. The molecule has 3 nitrogen and oxygen atoms in total. The summed E-state index contributed by atoms with van der Waals surface area (Å²) in [7, 11) is 0. The Hall–Kier alpha value is -0.670. The second-order valence-corrected chi connectivity index (χ2v) is 12.5. The van der Waals surface area contributed by atoms with Gasteiger partial charge in [0.05, 0.1) is 11.7 Å². The summed E-state index contributed by atoms with van der Waals surface area (Å²) in [6.45, 7) is 13.4. The lowest BCUT2D eigenvalue weighted by molar-refractivity contribution is -0.126. The molecule has 0 aromatic heterocycles. The first-order valence-corrected chi connectivity index (χ1v) is 13.4. The molecule has 2 aliphatic heterocycles. The van der Waals surface area contributed by atoms with Gasteiger partial charge in [0, 0.05) is 24.8 Å². The molecule has 0 aromatic rings. The van der Waals surface area contributed by atoms with Gasteiger partial charge in [-0.1, -0.05) is 39.7 Å². The average Bonchev–Trinajstić information content (AvgIpc) is 3.03. The minimum Gasteiger partial charge on any atom is -0.365 e. The average molecular weight is 428 g/mol. The van der Waals surface area contributed by atoms with E-state index in [1.807, 2.05) is 0 Å². The number of allylic oxidation sites excluding steroid dienone is 1. The molecule has 3 aliphatic carbocycles.